The second-order valence-electron chi connectivity index (χ2n) is 5.13. The van der Waals surface area contributed by atoms with Gasteiger partial charge in [-0.2, -0.15) is 0 Å². The summed E-state index contributed by atoms with van der Waals surface area (Å²) in [5.74, 6) is 0.250. The summed E-state index contributed by atoms with van der Waals surface area (Å²) in [6, 6.07) is 10.1. The Hall–Kier alpha value is -1.19. The number of benzene rings is 1. The van der Waals surface area contributed by atoms with Crippen molar-refractivity contribution >= 4 is 5.78 Å². The molecule has 3 nitrogen and oxygen atoms in total. The average Bonchev–Trinajstić information content (AvgIpc) is 2.87. The fourth-order valence-corrected chi connectivity index (χ4v) is 2.71. The molecule has 1 aromatic carbocycles. The summed E-state index contributed by atoms with van der Waals surface area (Å²) in [7, 11) is 0. The zero-order chi connectivity index (χ0) is 11.7. The van der Waals surface area contributed by atoms with E-state index in [-0.39, 0.29) is 17.3 Å². The molecule has 3 heteroatoms. The Morgan fingerprint density at radius 3 is 2.82 bits per heavy atom. The van der Waals surface area contributed by atoms with Crippen LogP contribution in [0.1, 0.15) is 18.4 Å². The molecule has 17 heavy (non-hydrogen) atoms. The normalized spacial score (nSPS) is 31.1. The highest BCUT2D eigenvalue weighted by molar-refractivity contribution is 5.87. The van der Waals surface area contributed by atoms with E-state index in [0.29, 0.717) is 26.2 Å². The minimum Gasteiger partial charge on any atom is -0.376 e. The molecule has 0 N–H and O–H groups in total. The van der Waals surface area contributed by atoms with E-state index in [1.807, 2.05) is 30.3 Å². The quantitative estimate of drug-likeness (QED) is 0.796. The number of rotatable bonds is 4. The molecule has 2 bridgehead atoms. The SMILES string of the molecule is O=C1CC2(COCc3ccccc3)COC1C2. The summed E-state index contributed by atoms with van der Waals surface area (Å²) in [5.41, 5.74) is 1.14. The Bertz CT molecular complexity index is 415. The zero-order valence-electron chi connectivity index (χ0n) is 9.72. The van der Waals surface area contributed by atoms with E-state index < -0.39 is 0 Å². The summed E-state index contributed by atoms with van der Waals surface area (Å²) in [6.07, 6.45) is 1.34. The van der Waals surface area contributed by atoms with E-state index in [1.54, 1.807) is 0 Å². The number of carbonyl (C=O) groups excluding carboxylic acids is 1. The van der Waals surface area contributed by atoms with Gasteiger partial charge in [-0.3, -0.25) is 4.79 Å². The average molecular weight is 232 g/mol. The number of carbonyl (C=O) groups is 1. The smallest absolute Gasteiger partial charge is 0.162 e. The predicted molar refractivity (Wildman–Crippen MR) is 62.5 cm³/mol. The highest BCUT2D eigenvalue weighted by Gasteiger charge is 2.51. The van der Waals surface area contributed by atoms with E-state index >= 15 is 0 Å². The van der Waals surface area contributed by atoms with Crippen LogP contribution in [0, 0.1) is 5.41 Å². The maximum Gasteiger partial charge on any atom is 0.162 e. The highest BCUT2D eigenvalue weighted by Crippen LogP contribution is 2.44. The van der Waals surface area contributed by atoms with Gasteiger partial charge >= 0.3 is 0 Å². The molecule has 90 valence electrons. The third-order valence-corrected chi connectivity index (χ3v) is 3.64. The van der Waals surface area contributed by atoms with Crippen molar-refractivity contribution in [2.45, 2.75) is 25.6 Å². The van der Waals surface area contributed by atoms with Crippen molar-refractivity contribution in [3.63, 3.8) is 0 Å². The van der Waals surface area contributed by atoms with E-state index in [2.05, 4.69) is 0 Å². The van der Waals surface area contributed by atoms with Crippen LogP contribution in [0.2, 0.25) is 0 Å². The minimum atomic E-state index is -0.143. The van der Waals surface area contributed by atoms with Gasteiger partial charge in [-0.1, -0.05) is 30.3 Å². The molecule has 1 saturated heterocycles. The summed E-state index contributed by atoms with van der Waals surface area (Å²) in [6.45, 7) is 1.92. The van der Waals surface area contributed by atoms with Gasteiger partial charge in [0.2, 0.25) is 0 Å². The fraction of sp³-hybridized carbons (Fsp3) is 0.500. The number of Topliss-reactive ketones (excluding diaryl/α,β-unsaturated/α-hetero) is 1. The van der Waals surface area contributed by atoms with Gasteiger partial charge < -0.3 is 9.47 Å². The summed E-state index contributed by atoms with van der Waals surface area (Å²) >= 11 is 0. The van der Waals surface area contributed by atoms with E-state index in [0.717, 1.165) is 6.42 Å². The van der Waals surface area contributed by atoms with Crippen LogP contribution in [-0.2, 0) is 20.9 Å². The molecule has 1 aromatic rings. The molecular formula is C14H16O3. The van der Waals surface area contributed by atoms with E-state index in [4.69, 9.17) is 9.47 Å². The monoisotopic (exact) mass is 232 g/mol. The molecule has 3 rings (SSSR count). The summed E-state index contributed by atoms with van der Waals surface area (Å²) < 4.78 is 11.2. The van der Waals surface area contributed by atoms with Crippen LogP contribution in [0.4, 0.5) is 0 Å². The molecule has 2 atom stereocenters. The van der Waals surface area contributed by atoms with Crippen molar-refractivity contribution in [2.24, 2.45) is 5.41 Å². The van der Waals surface area contributed by atoms with Crippen molar-refractivity contribution in [3.05, 3.63) is 35.9 Å². The first-order chi connectivity index (χ1) is 8.27. The van der Waals surface area contributed by atoms with Crippen molar-refractivity contribution in [2.75, 3.05) is 13.2 Å². The molecule has 2 unspecified atom stereocenters. The minimum absolute atomic E-state index is 0.0312. The van der Waals surface area contributed by atoms with Crippen molar-refractivity contribution < 1.29 is 14.3 Å². The summed E-state index contributed by atoms with van der Waals surface area (Å²) in [5, 5.41) is 0. The first kappa shape index (κ1) is 10.9. The van der Waals surface area contributed by atoms with Crippen molar-refractivity contribution in [3.8, 4) is 0 Å². The predicted octanol–water partition coefficient (Wildman–Crippen LogP) is 1.95. The Morgan fingerprint density at radius 2 is 2.18 bits per heavy atom. The molecule has 1 aliphatic carbocycles. The molecule has 0 radical (unpaired) electrons. The highest BCUT2D eigenvalue weighted by atomic mass is 16.5. The second-order valence-corrected chi connectivity index (χ2v) is 5.13. The second kappa shape index (κ2) is 4.24. The van der Waals surface area contributed by atoms with Gasteiger partial charge in [-0.25, -0.2) is 0 Å². The Balaban J connectivity index is 1.54. The summed E-state index contributed by atoms with van der Waals surface area (Å²) in [4.78, 5) is 11.5. The molecule has 2 fully saturated rings. The first-order valence-electron chi connectivity index (χ1n) is 6.03. The topological polar surface area (TPSA) is 35.5 Å². The van der Waals surface area contributed by atoms with Crippen LogP contribution in [0.25, 0.3) is 0 Å². The third-order valence-electron chi connectivity index (χ3n) is 3.64. The molecule has 1 aliphatic heterocycles. The number of hydrogen-bond acceptors (Lipinski definition) is 3. The number of fused-ring (bicyclic) bond motifs is 2. The van der Waals surface area contributed by atoms with Gasteiger partial charge in [-0.15, -0.1) is 0 Å². The third kappa shape index (κ3) is 2.13. The molecule has 1 heterocycles. The molecule has 0 aromatic heterocycles. The van der Waals surface area contributed by atoms with Crippen molar-refractivity contribution in [1.29, 1.82) is 0 Å². The molecule has 0 amide bonds. The fourth-order valence-electron chi connectivity index (χ4n) is 2.71. The van der Waals surface area contributed by atoms with Crippen LogP contribution >= 0.6 is 0 Å². The lowest BCUT2D eigenvalue weighted by Gasteiger charge is -2.24. The number of ketones is 1. The lowest BCUT2D eigenvalue weighted by Crippen LogP contribution is -2.29. The van der Waals surface area contributed by atoms with Gasteiger partial charge in [-0.05, 0) is 12.0 Å². The largest absolute Gasteiger partial charge is 0.376 e. The number of ether oxygens (including phenoxy) is 2. The maximum atomic E-state index is 11.5. The molecule has 2 aliphatic rings. The van der Waals surface area contributed by atoms with E-state index in [9.17, 15) is 4.79 Å². The standard InChI is InChI=1S/C14H16O3/c15-12-6-14(7-13(12)17-10-14)9-16-8-11-4-2-1-3-5-11/h1-5,13H,6-10H2. The van der Waals surface area contributed by atoms with Gasteiger partial charge in [0.05, 0.1) is 19.8 Å². The molecule has 1 saturated carbocycles. The van der Waals surface area contributed by atoms with E-state index in [1.165, 1.54) is 5.56 Å². The Morgan fingerprint density at radius 1 is 1.35 bits per heavy atom. The van der Waals surface area contributed by atoms with Crippen LogP contribution in [-0.4, -0.2) is 25.1 Å². The van der Waals surface area contributed by atoms with Crippen LogP contribution in [0.5, 0.6) is 0 Å². The number of hydrogen-bond donors (Lipinski definition) is 0. The Labute approximate surface area is 101 Å². The molecular weight excluding hydrogens is 216 g/mol. The lowest BCUT2D eigenvalue weighted by atomic mass is 9.89. The van der Waals surface area contributed by atoms with Gasteiger partial charge in [0.1, 0.15) is 6.10 Å². The van der Waals surface area contributed by atoms with Crippen LogP contribution in [0.15, 0.2) is 30.3 Å². The lowest BCUT2D eigenvalue weighted by molar-refractivity contribution is -0.132. The van der Waals surface area contributed by atoms with Crippen LogP contribution in [0.3, 0.4) is 0 Å². The van der Waals surface area contributed by atoms with Crippen LogP contribution < -0.4 is 0 Å². The van der Waals surface area contributed by atoms with Gasteiger partial charge in [0.25, 0.3) is 0 Å². The molecule has 0 spiro atoms. The first-order valence-corrected chi connectivity index (χ1v) is 6.03. The maximum absolute atomic E-state index is 11.5. The van der Waals surface area contributed by atoms with Crippen molar-refractivity contribution in [1.82, 2.24) is 0 Å². The van der Waals surface area contributed by atoms with Gasteiger partial charge in [0.15, 0.2) is 5.78 Å². The zero-order valence-corrected chi connectivity index (χ0v) is 9.72. The Kier molecular flexibility index (Phi) is 2.73. The van der Waals surface area contributed by atoms with Gasteiger partial charge in [0, 0.05) is 11.8 Å².